The van der Waals surface area contributed by atoms with E-state index in [4.69, 9.17) is 0 Å². The van der Waals surface area contributed by atoms with Crippen LogP contribution in [-0.4, -0.2) is 22.4 Å². The first-order chi connectivity index (χ1) is 11.6. The van der Waals surface area contributed by atoms with E-state index >= 15 is 0 Å². The Morgan fingerprint density at radius 1 is 1.12 bits per heavy atom. The maximum Gasteiger partial charge on any atom is 0.269 e. The summed E-state index contributed by atoms with van der Waals surface area (Å²) in [6.07, 6.45) is 2.93. The number of para-hydroxylation sites is 1. The minimum atomic E-state index is -0.453. The first kappa shape index (κ1) is 15.7. The van der Waals surface area contributed by atoms with Crippen molar-refractivity contribution in [2.75, 3.05) is 6.54 Å². The van der Waals surface area contributed by atoms with Crippen molar-refractivity contribution >= 4 is 22.5 Å². The molecule has 0 radical (unpaired) electrons. The van der Waals surface area contributed by atoms with E-state index in [1.54, 1.807) is 12.1 Å². The average molecular weight is 323 g/mol. The highest BCUT2D eigenvalue weighted by Crippen LogP contribution is 2.17. The Kier molecular flexibility index (Phi) is 4.56. The third kappa shape index (κ3) is 3.60. The minimum Gasteiger partial charge on any atom is -0.361 e. The SMILES string of the molecule is O=C(Cc1ccc([N+](=O)[O-])cc1)NCCc1c[nH]c2ccccc12. The molecular weight excluding hydrogens is 306 g/mol. The molecule has 6 nitrogen and oxygen atoms in total. The summed E-state index contributed by atoms with van der Waals surface area (Å²) in [5.41, 5.74) is 3.04. The lowest BCUT2D eigenvalue weighted by molar-refractivity contribution is -0.384. The lowest BCUT2D eigenvalue weighted by Crippen LogP contribution is -2.27. The van der Waals surface area contributed by atoms with Crippen LogP contribution in [0.4, 0.5) is 5.69 Å². The Labute approximate surface area is 138 Å². The van der Waals surface area contributed by atoms with Crippen LogP contribution in [0.5, 0.6) is 0 Å². The summed E-state index contributed by atoms with van der Waals surface area (Å²) in [6, 6.07) is 14.1. The highest BCUT2D eigenvalue weighted by molar-refractivity contribution is 5.83. The van der Waals surface area contributed by atoms with Gasteiger partial charge in [-0.3, -0.25) is 14.9 Å². The van der Waals surface area contributed by atoms with Crippen LogP contribution < -0.4 is 5.32 Å². The van der Waals surface area contributed by atoms with Gasteiger partial charge in [-0.2, -0.15) is 0 Å². The van der Waals surface area contributed by atoms with E-state index < -0.39 is 4.92 Å². The van der Waals surface area contributed by atoms with Crippen molar-refractivity contribution in [3.05, 3.63) is 76.0 Å². The standard InChI is InChI=1S/C18H17N3O3/c22-18(11-13-5-7-15(8-6-13)21(23)24)19-10-9-14-12-20-17-4-2-1-3-16(14)17/h1-8,12,20H,9-11H2,(H,19,22). The molecule has 0 bridgehead atoms. The maximum atomic E-state index is 12.0. The number of non-ortho nitro benzene ring substituents is 1. The number of fused-ring (bicyclic) bond motifs is 1. The van der Waals surface area contributed by atoms with Crippen molar-refractivity contribution in [3.8, 4) is 0 Å². The number of hydrogen-bond donors (Lipinski definition) is 2. The highest BCUT2D eigenvalue weighted by atomic mass is 16.6. The zero-order chi connectivity index (χ0) is 16.9. The number of hydrogen-bond acceptors (Lipinski definition) is 3. The minimum absolute atomic E-state index is 0.0264. The molecule has 2 N–H and O–H groups in total. The van der Waals surface area contributed by atoms with Crippen molar-refractivity contribution in [2.45, 2.75) is 12.8 Å². The number of benzene rings is 2. The van der Waals surface area contributed by atoms with E-state index in [1.165, 1.54) is 23.1 Å². The zero-order valence-electron chi connectivity index (χ0n) is 13.0. The van der Waals surface area contributed by atoms with Crippen LogP contribution in [0.25, 0.3) is 10.9 Å². The Balaban J connectivity index is 1.51. The number of carbonyl (C=O) groups excluding carboxylic acids is 1. The molecule has 0 unspecified atom stereocenters. The van der Waals surface area contributed by atoms with Gasteiger partial charge in [0.05, 0.1) is 11.3 Å². The lowest BCUT2D eigenvalue weighted by atomic mass is 10.1. The first-order valence-corrected chi connectivity index (χ1v) is 7.68. The maximum absolute atomic E-state index is 12.0. The normalized spacial score (nSPS) is 10.7. The van der Waals surface area contributed by atoms with Gasteiger partial charge >= 0.3 is 0 Å². The van der Waals surface area contributed by atoms with Gasteiger partial charge in [-0.05, 0) is 23.6 Å². The number of nitro groups is 1. The lowest BCUT2D eigenvalue weighted by Gasteiger charge is -2.05. The first-order valence-electron chi connectivity index (χ1n) is 7.68. The van der Waals surface area contributed by atoms with Gasteiger partial charge in [0.25, 0.3) is 5.69 Å². The van der Waals surface area contributed by atoms with E-state index in [9.17, 15) is 14.9 Å². The number of H-pyrrole nitrogens is 1. The fraction of sp³-hybridized carbons (Fsp3) is 0.167. The van der Waals surface area contributed by atoms with E-state index in [1.807, 2.05) is 24.4 Å². The summed E-state index contributed by atoms with van der Waals surface area (Å²) in [5.74, 6) is -0.0938. The van der Waals surface area contributed by atoms with Crippen molar-refractivity contribution in [1.82, 2.24) is 10.3 Å². The second-order valence-corrected chi connectivity index (χ2v) is 5.56. The van der Waals surface area contributed by atoms with Crippen LogP contribution in [-0.2, 0) is 17.6 Å². The smallest absolute Gasteiger partial charge is 0.269 e. The topological polar surface area (TPSA) is 88.0 Å². The summed E-state index contributed by atoms with van der Waals surface area (Å²) >= 11 is 0. The molecule has 0 atom stereocenters. The predicted molar refractivity (Wildman–Crippen MR) is 91.8 cm³/mol. The summed E-state index contributed by atoms with van der Waals surface area (Å²) in [5, 5.41) is 14.7. The summed E-state index contributed by atoms with van der Waals surface area (Å²) in [6.45, 7) is 0.549. The monoisotopic (exact) mass is 323 g/mol. The molecule has 0 spiro atoms. The van der Waals surface area contributed by atoms with Gasteiger partial charge in [0.1, 0.15) is 0 Å². The third-order valence-electron chi connectivity index (χ3n) is 3.90. The number of aromatic nitrogens is 1. The van der Waals surface area contributed by atoms with Crippen molar-refractivity contribution in [1.29, 1.82) is 0 Å². The molecule has 0 fully saturated rings. The molecule has 122 valence electrons. The zero-order valence-corrected chi connectivity index (χ0v) is 13.0. The molecule has 24 heavy (non-hydrogen) atoms. The fourth-order valence-corrected chi connectivity index (χ4v) is 2.66. The molecule has 0 aliphatic heterocycles. The molecular formula is C18H17N3O3. The molecule has 0 saturated heterocycles. The second kappa shape index (κ2) is 6.95. The van der Waals surface area contributed by atoms with E-state index in [-0.39, 0.29) is 18.0 Å². The van der Waals surface area contributed by atoms with Crippen LogP contribution in [0.2, 0.25) is 0 Å². The van der Waals surface area contributed by atoms with E-state index in [0.29, 0.717) is 6.54 Å². The van der Waals surface area contributed by atoms with Gasteiger partial charge in [-0.15, -0.1) is 0 Å². The molecule has 2 aromatic carbocycles. The van der Waals surface area contributed by atoms with Crippen LogP contribution in [0.15, 0.2) is 54.7 Å². The van der Waals surface area contributed by atoms with Crippen LogP contribution >= 0.6 is 0 Å². The molecule has 3 aromatic rings. The summed E-state index contributed by atoms with van der Waals surface area (Å²) in [7, 11) is 0. The van der Waals surface area contributed by atoms with E-state index in [2.05, 4.69) is 16.4 Å². The molecule has 6 heteroatoms. The Bertz CT molecular complexity index is 869. The molecule has 3 rings (SSSR count). The Hall–Kier alpha value is -3.15. The highest BCUT2D eigenvalue weighted by Gasteiger charge is 2.08. The van der Waals surface area contributed by atoms with Gasteiger partial charge in [0, 0.05) is 35.8 Å². The number of amides is 1. The number of nitrogens with one attached hydrogen (secondary N) is 2. The fourth-order valence-electron chi connectivity index (χ4n) is 2.66. The van der Waals surface area contributed by atoms with Crippen LogP contribution in [0.1, 0.15) is 11.1 Å². The largest absolute Gasteiger partial charge is 0.361 e. The number of nitro benzene ring substituents is 1. The van der Waals surface area contributed by atoms with Crippen LogP contribution in [0, 0.1) is 10.1 Å². The van der Waals surface area contributed by atoms with Gasteiger partial charge in [-0.25, -0.2) is 0 Å². The molecule has 1 aromatic heterocycles. The average Bonchev–Trinajstić information content (AvgIpc) is 2.99. The van der Waals surface area contributed by atoms with Crippen molar-refractivity contribution in [3.63, 3.8) is 0 Å². The molecule has 1 amide bonds. The molecule has 0 aliphatic carbocycles. The number of aromatic amines is 1. The van der Waals surface area contributed by atoms with Gasteiger partial charge < -0.3 is 10.3 Å². The van der Waals surface area contributed by atoms with Crippen molar-refractivity contribution < 1.29 is 9.72 Å². The number of carbonyl (C=O) groups is 1. The summed E-state index contributed by atoms with van der Waals surface area (Å²) in [4.78, 5) is 25.3. The van der Waals surface area contributed by atoms with Gasteiger partial charge in [-0.1, -0.05) is 30.3 Å². The molecule has 0 saturated carbocycles. The summed E-state index contributed by atoms with van der Waals surface area (Å²) < 4.78 is 0. The quantitative estimate of drug-likeness (QED) is 0.540. The van der Waals surface area contributed by atoms with Gasteiger partial charge in [0.15, 0.2) is 0 Å². The van der Waals surface area contributed by atoms with Crippen LogP contribution in [0.3, 0.4) is 0 Å². The third-order valence-corrected chi connectivity index (χ3v) is 3.90. The van der Waals surface area contributed by atoms with Gasteiger partial charge in [0.2, 0.25) is 5.91 Å². The molecule has 1 heterocycles. The van der Waals surface area contributed by atoms with E-state index in [0.717, 1.165) is 17.5 Å². The second-order valence-electron chi connectivity index (χ2n) is 5.56. The molecule has 0 aliphatic rings. The van der Waals surface area contributed by atoms with Crippen molar-refractivity contribution in [2.24, 2.45) is 0 Å². The number of nitrogens with zero attached hydrogens (tertiary/aromatic N) is 1. The Morgan fingerprint density at radius 2 is 1.88 bits per heavy atom. The predicted octanol–water partition coefficient (Wildman–Crippen LogP) is 2.98. The number of rotatable bonds is 6. The Morgan fingerprint density at radius 3 is 2.62 bits per heavy atom.